The minimum absolute atomic E-state index is 0.126. The van der Waals surface area contributed by atoms with E-state index >= 15 is 0 Å². The highest BCUT2D eigenvalue weighted by molar-refractivity contribution is 5.83. The summed E-state index contributed by atoms with van der Waals surface area (Å²) in [6.45, 7) is 2.12. The van der Waals surface area contributed by atoms with Crippen LogP contribution in [0.1, 0.15) is 6.92 Å². The first kappa shape index (κ1) is 7.39. The molecule has 0 aromatic heterocycles. The fourth-order valence-corrected chi connectivity index (χ4v) is 1.73. The van der Waals surface area contributed by atoms with Gasteiger partial charge >= 0.3 is 12.0 Å². The van der Waals surface area contributed by atoms with Crippen molar-refractivity contribution < 1.29 is 14.3 Å². The molecule has 66 valence electrons. The Kier molecular flexibility index (Phi) is 1.46. The minimum Gasteiger partial charge on any atom is -0.463 e. The molecule has 2 fully saturated rings. The monoisotopic (exact) mass is 170 g/mol. The third-order valence-corrected chi connectivity index (χ3v) is 2.32. The van der Waals surface area contributed by atoms with Gasteiger partial charge in [0.25, 0.3) is 0 Å². The molecule has 5 nitrogen and oxygen atoms in total. The number of cyclic esters (lactones) is 1. The molecular weight excluding hydrogens is 160 g/mol. The highest BCUT2D eigenvalue weighted by Gasteiger charge is 2.44. The lowest BCUT2D eigenvalue weighted by atomic mass is 9.93. The number of carbonyl (C=O) groups excluding carboxylic acids is 2. The zero-order valence-electron chi connectivity index (χ0n) is 6.66. The van der Waals surface area contributed by atoms with E-state index in [1.165, 1.54) is 0 Å². The van der Waals surface area contributed by atoms with Crippen molar-refractivity contribution in [2.75, 3.05) is 6.61 Å². The maximum Gasteiger partial charge on any atom is 0.315 e. The van der Waals surface area contributed by atoms with E-state index < -0.39 is 0 Å². The Morgan fingerprint density at radius 3 is 2.92 bits per heavy atom. The number of ether oxygens (including phenoxy) is 1. The molecule has 0 unspecified atom stereocenters. The average molecular weight is 170 g/mol. The van der Waals surface area contributed by atoms with Gasteiger partial charge in [0.2, 0.25) is 0 Å². The molecule has 0 radical (unpaired) electrons. The van der Waals surface area contributed by atoms with Crippen molar-refractivity contribution in [2.45, 2.75) is 19.0 Å². The van der Waals surface area contributed by atoms with Crippen LogP contribution in [-0.4, -0.2) is 30.7 Å². The number of amides is 2. The lowest BCUT2D eigenvalue weighted by molar-refractivity contribution is -0.141. The SMILES string of the molecule is C[C@@H]1NC(=O)N[C@@H]2COC(=O)[C@@H]12. The summed E-state index contributed by atoms with van der Waals surface area (Å²) >= 11 is 0. The summed E-state index contributed by atoms with van der Waals surface area (Å²) in [4.78, 5) is 22.0. The number of rotatable bonds is 0. The molecule has 0 spiro atoms. The van der Waals surface area contributed by atoms with Crippen LogP contribution in [0.15, 0.2) is 0 Å². The number of carbonyl (C=O) groups is 2. The maximum absolute atomic E-state index is 11.1. The van der Waals surface area contributed by atoms with E-state index in [1.54, 1.807) is 0 Å². The van der Waals surface area contributed by atoms with Crippen molar-refractivity contribution in [3.8, 4) is 0 Å². The zero-order chi connectivity index (χ0) is 8.72. The number of urea groups is 1. The van der Waals surface area contributed by atoms with Crippen LogP contribution in [0.2, 0.25) is 0 Å². The second kappa shape index (κ2) is 2.36. The first-order valence-electron chi connectivity index (χ1n) is 3.92. The van der Waals surface area contributed by atoms with Gasteiger partial charge in [-0.05, 0) is 6.92 Å². The number of fused-ring (bicyclic) bond motifs is 1. The van der Waals surface area contributed by atoms with Gasteiger partial charge in [0, 0.05) is 6.04 Å². The summed E-state index contributed by atoms with van der Waals surface area (Å²) in [5, 5.41) is 5.27. The van der Waals surface area contributed by atoms with Crippen LogP contribution in [-0.2, 0) is 9.53 Å². The van der Waals surface area contributed by atoms with E-state index in [1.807, 2.05) is 6.92 Å². The Labute approximate surface area is 69.5 Å². The van der Waals surface area contributed by atoms with Crippen molar-refractivity contribution in [1.82, 2.24) is 10.6 Å². The molecule has 3 atom stereocenters. The van der Waals surface area contributed by atoms with Gasteiger partial charge in [0.1, 0.15) is 12.5 Å². The highest BCUT2D eigenvalue weighted by atomic mass is 16.5. The van der Waals surface area contributed by atoms with E-state index in [2.05, 4.69) is 10.6 Å². The number of esters is 1. The molecule has 2 amide bonds. The summed E-state index contributed by atoms with van der Waals surface area (Å²) in [5.41, 5.74) is 0. The minimum atomic E-state index is -0.222. The lowest BCUT2D eigenvalue weighted by Gasteiger charge is -2.29. The molecular formula is C7H10N2O3. The maximum atomic E-state index is 11.1. The first-order chi connectivity index (χ1) is 5.68. The molecule has 12 heavy (non-hydrogen) atoms. The van der Waals surface area contributed by atoms with E-state index in [4.69, 9.17) is 4.74 Å². The molecule has 2 N–H and O–H groups in total. The van der Waals surface area contributed by atoms with Gasteiger partial charge in [-0.1, -0.05) is 0 Å². The van der Waals surface area contributed by atoms with Crippen molar-refractivity contribution in [1.29, 1.82) is 0 Å². The fourth-order valence-electron chi connectivity index (χ4n) is 1.73. The van der Waals surface area contributed by atoms with E-state index in [9.17, 15) is 9.59 Å². The van der Waals surface area contributed by atoms with Gasteiger partial charge in [-0.25, -0.2) is 4.79 Å². The Bertz CT molecular complexity index is 241. The van der Waals surface area contributed by atoms with Crippen LogP contribution in [0.25, 0.3) is 0 Å². The smallest absolute Gasteiger partial charge is 0.315 e. The predicted octanol–water partition coefficient (Wildman–Crippen LogP) is -0.771. The Morgan fingerprint density at radius 1 is 1.42 bits per heavy atom. The summed E-state index contributed by atoms with van der Waals surface area (Å²) in [7, 11) is 0. The molecule has 0 aromatic carbocycles. The second-order valence-corrected chi connectivity index (χ2v) is 3.17. The topological polar surface area (TPSA) is 67.4 Å². The molecule has 2 rings (SSSR count). The third kappa shape index (κ3) is 0.929. The molecule has 0 bridgehead atoms. The fraction of sp³-hybridized carbons (Fsp3) is 0.714. The molecule has 5 heteroatoms. The molecule has 0 saturated carbocycles. The second-order valence-electron chi connectivity index (χ2n) is 3.17. The number of hydrogen-bond donors (Lipinski definition) is 2. The quantitative estimate of drug-likeness (QED) is 0.469. The third-order valence-electron chi connectivity index (χ3n) is 2.32. The van der Waals surface area contributed by atoms with Crippen molar-refractivity contribution in [3.05, 3.63) is 0 Å². The van der Waals surface area contributed by atoms with Crippen LogP contribution in [0.5, 0.6) is 0 Å². The van der Waals surface area contributed by atoms with E-state index in [0.717, 1.165) is 0 Å². The van der Waals surface area contributed by atoms with E-state index in [-0.39, 0.29) is 30.0 Å². The highest BCUT2D eigenvalue weighted by Crippen LogP contribution is 2.21. The van der Waals surface area contributed by atoms with Crippen LogP contribution >= 0.6 is 0 Å². The number of hydrogen-bond acceptors (Lipinski definition) is 3. The summed E-state index contributed by atoms with van der Waals surface area (Å²) in [5.74, 6) is -0.442. The van der Waals surface area contributed by atoms with Crippen LogP contribution in [0.4, 0.5) is 4.79 Å². The predicted molar refractivity (Wildman–Crippen MR) is 39.4 cm³/mol. The Morgan fingerprint density at radius 2 is 2.17 bits per heavy atom. The molecule has 0 aromatic rings. The largest absolute Gasteiger partial charge is 0.463 e. The molecule has 2 heterocycles. The van der Waals surface area contributed by atoms with Crippen LogP contribution < -0.4 is 10.6 Å². The van der Waals surface area contributed by atoms with E-state index in [0.29, 0.717) is 6.61 Å². The lowest BCUT2D eigenvalue weighted by Crippen LogP contribution is -2.59. The molecule has 2 aliphatic heterocycles. The summed E-state index contributed by atoms with van der Waals surface area (Å²) in [6, 6.07) is -0.484. The van der Waals surface area contributed by atoms with Gasteiger partial charge in [0.15, 0.2) is 0 Å². The van der Waals surface area contributed by atoms with Gasteiger partial charge in [-0.3, -0.25) is 4.79 Å². The Hall–Kier alpha value is -1.26. The van der Waals surface area contributed by atoms with Crippen molar-refractivity contribution >= 4 is 12.0 Å². The first-order valence-corrected chi connectivity index (χ1v) is 3.92. The summed E-state index contributed by atoms with van der Waals surface area (Å²) in [6.07, 6.45) is 0. The van der Waals surface area contributed by atoms with Crippen molar-refractivity contribution in [2.24, 2.45) is 5.92 Å². The average Bonchev–Trinajstić information content (AvgIpc) is 2.31. The van der Waals surface area contributed by atoms with Crippen LogP contribution in [0, 0.1) is 5.92 Å². The van der Waals surface area contributed by atoms with Gasteiger partial charge in [-0.2, -0.15) is 0 Å². The van der Waals surface area contributed by atoms with Gasteiger partial charge < -0.3 is 15.4 Å². The van der Waals surface area contributed by atoms with Gasteiger partial charge in [-0.15, -0.1) is 0 Å². The molecule has 0 aliphatic carbocycles. The van der Waals surface area contributed by atoms with Crippen molar-refractivity contribution in [3.63, 3.8) is 0 Å². The molecule has 2 aliphatic rings. The molecule has 2 saturated heterocycles. The standard InChI is InChI=1S/C7H10N2O3/c1-3-5-4(2-12-6(5)10)9-7(11)8-3/h3-5H,2H2,1H3,(H2,8,9,11)/t3-,4+,5-/m0/s1. The summed E-state index contributed by atoms with van der Waals surface area (Å²) < 4.78 is 4.82. The zero-order valence-corrected chi connectivity index (χ0v) is 6.66. The number of nitrogens with one attached hydrogen (secondary N) is 2. The van der Waals surface area contributed by atoms with Crippen LogP contribution in [0.3, 0.4) is 0 Å². The normalized spacial score (nSPS) is 39.6. The van der Waals surface area contributed by atoms with Gasteiger partial charge in [0.05, 0.1) is 6.04 Å². The Balaban J connectivity index is 2.19.